The minimum Gasteiger partial charge on any atom is -0.496 e. The van der Waals surface area contributed by atoms with Gasteiger partial charge in [-0.15, -0.1) is 11.3 Å². The highest BCUT2D eigenvalue weighted by Gasteiger charge is 2.17. The van der Waals surface area contributed by atoms with Crippen LogP contribution in [-0.4, -0.2) is 18.0 Å². The number of methoxy groups -OCH3 is 1. The van der Waals surface area contributed by atoms with E-state index in [1.165, 1.54) is 18.4 Å². The fraction of sp³-hybridized carbons (Fsp3) is 0.158. The monoisotopic (exact) mass is 372 g/mol. The van der Waals surface area contributed by atoms with Crippen molar-refractivity contribution in [2.24, 2.45) is 0 Å². The first-order valence-electron chi connectivity index (χ1n) is 7.82. The summed E-state index contributed by atoms with van der Waals surface area (Å²) >= 11 is 7.48. The fourth-order valence-corrected chi connectivity index (χ4v) is 3.58. The second kappa shape index (κ2) is 7.68. The number of aromatic nitrogens is 1. The van der Waals surface area contributed by atoms with Gasteiger partial charge in [-0.3, -0.25) is 10.1 Å². The predicted octanol–water partition coefficient (Wildman–Crippen LogP) is 5.29. The molecule has 128 valence electrons. The van der Waals surface area contributed by atoms with E-state index < -0.39 is 0 Å². The van der Waals surface area contributed by atoms with Gasteiger partial charge in [0.05, 0.1) is 18.4 Å². The molecule has 0 bridgehead atoms. The summed E-state index contributed by atoms with van der Waals surface area (Å²) in [6.45, 7) is 2.07. The lowest BCUT2D eigenvalue weighted by molar-refractivity contribution is 0.102. The van der Waals surface area contributed by atoms with Gasteiger partial charge in [0.25, 0.3) is 5.91 Å². The second-order valence-electron chi connectivity index (χ2n) is 5.31. The lowest BCUT2D eigenvalue weighted by atomic mass is 10.1. The largest absolute Gasteiger partial charge is 0.496 e. The maximum absolute atomic E-state index is 12.6. The number of anilines is 1. The molecule has 1 amide bonds. The molecule has 1 heterocycles. The molecule has 0 radical (unpaired) electrons. The van der Waals surface area contributed by atoms with E-state index in [1.54, 1.807) is 18.2 Å². The molecule has 0 aliphatic heterocycles. The number of aryl methyl sites for hydroxylation is 1. The molecule has 4 nitrogen and oxygen atoms in total. The number of benzene rings is 2. The lowest BCUT2D eigenvalue weighted by Crippen LogP contribution is -2.13. The molecule has 0 unspecified atom stereocenters. The number of halogens is 1. The van der Waals surface area contributed by atoms with Crippen LogP contribution in [0.2, 0.25) is 5.02 Å². The Kier molecular flexibility index (Phi) is 5.36. The Morgan fingerprint density at radius 2 is 2.00 bits per heavy atom. The summed E-state index contributed by atoms with van der Waals surface area (Å²) in [5.41, 5.74) is 2.32. The van der Waals surface area contributed by atoms with Gasteiger partial charge in [0, 0.05) is 15.5 Å². The van der Waals surface area contributed by atoms with Crippen molar-refractivity contribution in [3.8, 4) is 17.0 Å². The number of carbonyl (C=O) groups is 1. The van der Waals surface area contributed by atoms with Gasteiger partial charge in [-0.25, -0.2) is 4.98 Å². The molecule has 25 heavy (non-hydrogen) atoms. The summed E-state index contributed by atoms with van der Waals surface area (Å²) in [6, 6.07) is 14.9. The Morgan fingerprint density at radius 3 is 2.68 bits per heavy atom. The highest BCUT2D eigenvalue weighted by atomic mass is 35.5. The number of nitrogens with zero attached hydrogens (tertiary/aromatic N) is 1. The lowest BCUT2D eigenvalue weighted by Gasteiger charge is -2.08. The third-order valence-corrected chi connectivity index (χ3v) is 5.04. The van der Waals surface area contributed by atoms with Gasteiger partial charge in [0.15, 0.2) is 5.13 Å². The number of thiazole rings is 1. The first-order valence-corrected chi connectivity index (χ1v) is 9.01. The minimum absolute atomic E-state index is 0.296. The van der Waals surface area contributed by atoms with Gasteiger partial charge in [0.1, 0.15) is 5.75 Å². The number of nitrogens with one attached hydrogen (secondary N) is 1. The Bertz CT molecular complexity index is 894. The van der Waals surface area contributed by atoms with Gasteiger partial charge in [-0.1, -0.05) is 48.9 Å². The fourth-order valence-electron chi connectivity index (χ4n) is 2.49. The molecule has 3 aromatic rings. The molecule has 0 aliphatic rings. The quantitative estimate of drug-likeness (QED) is 0.662. The zero-order valence-electron chi connectivity index (χ0n) is 13.9. The zero-order valence-corrected chi connectivity index (χ0v) is 15.4. The van der Waals surface area contributed by atoms with Gasteiger partial charge in [0.2, 0.25) is 0 Å². The van der Waals surface area contributed by atoms with Crippen LogP contribution in [0.25, 0.3) is 11.3 Å². The smallest absolute Gasteiger partial charge is 0.261 e. The number of amides is 1. The van der Waals surface area contributed by atoms with E-state index in [0.29, 0.717) is 21.5 Å². The Morgan fingerprint density at radius 1 is 1.24 bits per heavy atom. The molecule has 0 fully saturated rings. The topological polar surface area (TPSA) is 51.2 Å². The SMILES string of the molecule is CCc1sc(NC(=O)c2cc(Cl)ccc2OC)nc1-c1ccccc1. The van der Waals surface area contributed by atoms with E-state index in [-0.39, 0.29) is 5.91 Å². The molecule has 0 aliphatic carbocycles. The van der Waals surface area contributed by atoms with Crippen LogP contribution in [0.15, 0.2) is 48.5 Å². The van der Waals surface area contributed by atoms with Crippen LogP contribution in [0.3, 0.4) is 0 Å². The molecule has 1 aromatic heterocycles. The number of ether oxygens (including phenoxy) is 1. The van der Waals surface area contributed by atoms with Gasteiger partial charge in [-0.2, -0.15) is 0 Å². The van der Waals surface area contributed by atoms with Crippen molar-refractivity contribution < 1.29 is 9.53 Å². The summed E-state index contributed by atoms with van der Waals surface area (Å²) in [6.07, 6.45) is 0.845. The predicted molar refractivity (Wildman–Crippen MR) is 103 cm³/mol. The van der Waals surface area contributed by atoms with E-state index in [9.17, 15) is 4.79 Å². The van der Waals surface area contributed by atoms with E-state index in [1.807, 2.05) is 30.3 Å². The maximum Gasteiger partial charge on any atom is 0.261 e. The van der Waals surface area contributed by atoms with Crippen LogP contribution >= 0.6 is 22.9 Å². The van der Waals surface area contributed by atoms with Crippen LogP contribution in [0.5, 0.6) is 5.75 Å². The normalized spacial score (nSPS) is 10.5. The molecule has 0 atom stereocenters. The summed E-state index contributed by atoms with van der Waals surface area (Å²) in [7, 11) is 1.52. The highest BCUT2D eigenvalue weighted by molar-refractivity contribution is 7.16. The molecule has 3 rings (SSSR count). The van der Waals surface area contributed by atoms with Gasteiger partial charge < -0.3 is 4.74 Å². The third kappa shape index (κ3) is 3.83. The second-order valence-corrected chi connectivity index (χ2v) is 6.83. The van der Waals surface area contributed by atoms with Crippen molar-refractivity contribution in [2.75, 3.05) is 12.4 Å². The molecule has 0 spiro atoms. The third-order valence-electron chi connectivity index (χ3n) is 3.69. The van der Waals surface area contributed by atoms with Crippen molar-refractivity contribution in [3.63, 3.8) is 0 Å². The van der Waals surface area contributed by atoms with Crippen LogP contribution in [0.1, 0.15) is 22.2 Å². The highest BCUT2D eigenvalue weighted by Crippen LogP contribution is 2.32. The minimum atomic E-state index is -0.296. The van der Waals surface area contributed by atoms with Crippen LogP contribution in [0.4, 0.5) is 5.13 Å². The molecular formula is C19H17ClN2O2S. The van der Waals surface area contributed by atoms with E-state index in [2.05, 4.69) is 17.2 Å². The molecule has 1 N–H and O–H groups in total. The number of carbonyl (C=O) groups excluding carboxylic acids is 1. The summed E-state index contributed by atoms with van der Waals surface area (Å²) in [5.74, 6) is 0.174. The molecule has 2 aromatic carbocycles. The van der Waals surface area contributed by atoms with Crippen LogP contribution in [-0.2, 0) is 6.42 Å². The van der Waals surface area contributed by atoms with Gasteiger partial charge >= 0.3 is 0 Å². The number of hydrogen-bond donors (Lipinski definition) is 1. The van der Waals surface area contributed by atoms with Crippen molar-refractivity contribution >= 4 is 34.0 Å². The first kappa shape index (κ1) is 17.5. The number of rotatable bonds is 5. The summed E-state index contributed by atoms with van der Waals surface area (Å²) in [4.78, 5) is 18.3. The van der Waals surface area contributed by atoms with E-state index in [0.717, 1.165) is 22.6 Å². The Labute approximate surface area is 155 Å². The molecule has 6 heteroatoms. The first-order chi connectivity index (χ1) is 12.1. The zero-order chi connectivity index (χ0) is 17.8. The van der Waals surface area contributed by atoms with Crippen LogP contribution in [0, 0.1) is 0 Å². The van der Waals surface area contributed by atoms with Crippen molar-refractivity contribution in [1.29, 1.82) is 0 Å². The van der Waals surface area contributed by atoms with Crippen molar-refractivity contribution in [2.45, 2.75) is 13.3 Å². The summed E-state index contributed by atoms with van der Waals surface area (Å²) in [5, 5.41) is 3.89. The molecule has 0 saturated carbocycles. The van der Waals surface area contributed by atoms with Crippen LogP contribution < -0.4 is 10.1 Å². The molecule has 0 saturated heterocycles. The average molecular weight is 373 g/mol. The average Bonchev–Trinajstić information content (AvgIpc) is 3.05. The standard InChI is InChI=1S/C19H17ClN2O2S/c1-3-16-17(12-7-5-4-6-8-12)21-19(25-16)22-18(23)14-11-13(20)9-10-15(14)24-2/h4-11H,3H2,1-2H3,(H,21,22,23). The van der Waals surface area contributed by atoms with E-state index in [4.69, 9.17) is 16.3 Å². The molecular weight excluding hydrogens is 356 g/mol. The Balaban J connectivity index is 1.90. The van der Waals surface area contributed by atoms with E-state index >= 15 is 0 Å². The number of hydrogen-bond acceptors (Lipinski definition) is 4. The summed E-state index contributed by atoms with van der Waals surface area (Å²) < 4.78 is 5.24. The van der Waals surface area contributed by atoms with Gasteiger partial charge in [-0.05, 0) is 24.6 Å². The Hall–Kier alpha value is -2.37. The maximum atomic E-state index is 12.6. The van der Waals surface area contributed by atoms with Crippen molar-refractivity contribution in [3.05, 3.63) is 64.0 Å². The van der Waals surface area contributed by atoms with Crippen molar-refractivity contribution in [1.82, 2.24) is 4.98 Å².